The molecule has 1 amide bonds. The first-order chi connectivity index (χ1) is 7.18. The maximum absolute atomic E-state index is 11.4. The van der Waals surface area contributed by atoms with E-state index in [1.54, 1.807) is 0 Å². The van der Waals surface area contributed by atoms with Gasteiger partial charge in [0.25, 0.3) is 0 Å². The van der Waals surface area contributed by atoms with Gasteiger partial charge in [0.1, 0.15) is 6.10 Å². The van der Waals surface area contributed by atoms with Crippen LogP contribution in [-0.4, -0.2) is 18.2 Å². The van der Waals surface area contributed by atoms with E-state index in [4.69, 9.17) is 4.74 Å². The van der Waals surface area contributed by atoms with Crippen molar-refractivity contribution in [3.63, 3.8) is 0 Å². The molecule has 0 aromatic carbocycles. The van der Waals surface area contributed by atoms with E-state index in [1.807, 2.05) is 19.9 Å². The molecule has 0 saturated carbocycles. The van der Waals surface area contributed by atoms with Crippen molar-refractivity contribution in [2.24, 2.45) is 0 Å². The first-order valence-corrected chi connectivity index (χ1v) is 5.82. The number of rotatable bonds is 2. The van der Waals surface area contributed by atoms with Gasteiger partial charge in [-0.1, -0.05) is 12.5 Å². The number of carbonyl (C=O) groups excluding carboxylic acids is 1. The fourth-order valence-electron chi connectivity index (χ4n) is 1.63. The maximum atomic E-state index is 11.4. The van der Waals surface area contributed by atoms with Gasteiger partial charge in [-0.3, -0.25) is 0 Å². The zero-order valence-electron chi connectivity index (χ0n) is 9.66. The molecule has 0 fully saturated rings. The number of amides is 1. The molecule has 0 aliphatic heterocycles. The Balaban J connectivity index is 2.34. The molecule has 0 aromatic heterocycles. The third kappa shape index (κ3) is 5.45. The number of ether oxygens (including phenoxy) is 1. The van der Waals surface area contributed by atoms with Gasteiger partial charge >= 0.3 is 6.09 Å². The summed E-state index contributed by atoms with van der Waals surface area (Å²) >= 11 is 0. The molecule has 1 aliphatic rings. The summed E-state index contributed by atoms with van der Waals surface area (Å²) in [5.74, 6) is 0. The van der Waals surface area contributed by atoms with E-state index in [-0.39, 0.29) is 18.2 Å². The van der Waals surface area contributed by atoms with Crippen LogP contribution in [-0.2, 0) is 4.74 Å². The first-order valence-electron chi connectivity index (χ1n) is 5.82. The Kier molecular flexibility index (Phi) is 5.22. The summed E-state index contributed by atoms with van der Waals surface area (Å²) in [5, 5.41) is 2.73. The summed E-state index contributed by atoms with van der Waals surface area (Å²) in [6.45, 7) is 3.85. The number of allylic oxidation sites excluding steroid dienone is 1. The summed E-state index contributed by atoms with van der Waals surface area (Å²) in [6.07, 6.45) is 9.46. The summed E-state index contributed by atoms with van der Waals surface area (Å²) in [5.41, 5.74) is 0. The van der Waals surface area contributed by atoms with Crippen LogP contribution in [0.25, 0.3) is 0 Å². The lowest BCUT2D eigenvalue weighted by molar-refractivity contribution is 0.111. The molecule has 1 unspecified atom stereocenters. The predicted molar refractivity (Wildman–Crippen MR) is 60.8 cm³/mol. The largest absolute Gasteiger partial charge is 0.442 e. The van der Waals surface area contributed by atoms with Crippen molar-refractivity contribution >= 4 is 6.09 Å². The maximum Gasteiger partial charge on any atom is 0.407 e. The van der Waals surface area contributed by atoms with E-state index >= 15 is 0 Å². The average Bonchev–Trinajstić information content (AvgIpc) is 2.08. The van der Waals surface area contributed by atoms with Crippen LogP contribution >= 0.6 is 0 Å². The molecule has 0 radical (unpaired) electrons. The van der Waals surface area contributed by atoms with E-state index in [1.165, 1.54) is 12.8 Å². The van der Waals surface area contributed by atoms with Crippen LogP contribution in [0.3, 0.4) is 0 Å². The number of nitrogens with one attached hydrogen (secondary N) is 1. The standard InChI is InChI=1S/C12H21NO2/c1-10(2)13-12(14)15-11-8-6-4-3-5-7-9-11/h6,8,10-11H,3-5,7,9H2,1-2H3,(H,13,14). The Morgan fingerprint density at radius 2 is 2.20 bits per heavy atom. The molecule has 86 valence electrons. The van der Waals surface area contributed by atoms with Crippen molar-refractivity contribution < 1.29 is 9.53 Å². The van der Waals surface area contributed by atoms with Crippen molar-refractivity contribution in [3.05, 3.63) is 12.2 Å². The van der Waals surface area contributed by atoms with Gasteiger partial charge in [0.2, 0.25) is 0 Å². The van der Waals surface area contributed by atoms with Crippen LogP contribution in [0.2, 0.25) is 0 Å². The van der Waals surface area contributed by atoms with Gasteiger partial charge in [0.15, 0.2) is 0 Å². The highest BCUT2D eigenvalue weighted by molar-refractivity contribution is 5.67. The van der Waals surface area contributed by atoms with E-state index in [2.05, 4.69) is 11.4 Å². The van der Waals surface area contributed by atoms with Gasteiger partial charge in [-0.15, -0.1) is 0 Å². The zero-order chi connectivity index (χ0) is 11.1. The van der Waals surface area contributed by atoms with E-state index in [0.29, 0.717) is 0 Å². The average molecular weight is 211 g/mol. The Morgan fingerprint density at radius 1 is 1.40 bits per heavy atom. The molecule has 0 heterocycles. The van der Waals surface area contributed by atoms with Crippen molar-refractivity contribution in [1.82, 2.24) is 5.32 Å². The molecular formula is C12H21NO2. The third-order valence-corrected chi connectivity index (χ3v) is 2.38. The molecule has 0 aromatic rings. The molecule has 1 atom stereocenters. The lowest BCUT2D eigenvalue weighted by Gasteiger charge is -2.17. The van der Waals surface area contributed by atoms with E-state index < -0.39 is 0 Å². The SMILES string of the molecule is CC(C)NC(=O)OC1C=CCCCCC1. The highest BCUT2D eigenvalue weighted by Gasteiger charge is 2.12. The van der Waals surface area contributed by atoms with Crippen molar-refractivity contribution in [2.45, 2.75) is 58.1 Å². The minimum Gasteiger partial charge on any atom is -0.442 e. The van der Waals surface area contributed by atoms with Crippen LogP contribution in [0.5, 0.6) is 0 Å². The van der Waals surface area contributed by atoms with Crippen LogP contribution in [0.4, 0.5) is 4.79 Å². The summed E-state index contributed by atoms with van der Waals surface area (Å²) in [6, 6.07) is 0.134. The van der Waals surface area contributed by atoms with Gasteiger partial charge in [-0.2, -0.15) is 0 Å². The fraction of sp³-hybridized carbons (Fsp3) is 0.750. The Bertz CT molecular complexity index is 224. The molecule has 1 N–H and O–H groups in total. The number of alkyl carbamates (subject to hydrolysis) is 1. The van der Waals surface area contributed by atoms with Gasteiger partial charge < -0.3 is 10.1 Å². The molecule has 1 rings (SSSR count). The molecular weight excluding hydrogens is 190 g/mol. The predicted octanol–water partition coefficient (Wildman–Crippen LogP) is 3.01. The van der Waals surface area contributed by atoms with Crippen molar-refractivity contribution in [3.8, 4) is 0 Å². The normalized spacial score (nSPS) is 21.9. The first kappa shape index (κ1) is 12.1. The monoisotopic (exact) mass is 211 g/mol. The minimum absolute atomic E-state index is 0.0379. The van der Waals surface area contributed by atoms with Crippen LogP contribution in [0.1, 0.15) is 46.0 Å². The summed E-state index contributed by atoms with van der Waals surface area (Å²) in [7, 11) is 0. The number of carbonyl (C=O) groups is 1. The van der Waals surface area contributed by atoms with Gasteiger partial charge in [-0.25, -0.2) is 4.79 Å². The molecule has 3 nitrogen and oxygen atoms in total. The van der Waals surface area contributed by atoms with Crippen molar-refractivity contribution in [1.29, 1.82) is 0 Å². The van der Waals surface area contributed by atoms with Crippen molar-refractivity contribution in [2.75, 3.05) is 0 Å². The topological polar surface area (TPSA) is 38.3 Å². The number of hydrogen-bond donors (Lipinski definition) is 1. The van der Waals surface area contributed by atoms with E-state index in [0.717, 1.165) is 19.3 Å². The molecule has 0 bridgehead atoms. The minimum atomic E-state index is -0.305. The van der Waals surface area contributed by atoms with Crippen LogP contribution in [0.15, 0.2) is 12.2 Å². The Hall–Kier alpha value is -0.990. The molecule has 1 aliphatic carbocycles. The fourth-order valence-corrected chi connectivity index (χ4v) is 1.63. The molecule has 0 spiro atoms. The smallest absolute Gasteiger partial charge is 0.407 e. The second-order valence-electron chi connectivity index (χ2n) is 4.31. The Labute approximate surface area is 91.9 Å². The molecule has 3 heteroatoms. The zero-order valence-corrected chi connectivity index (χ0v) is 9.66. The summed E-state index contributed by atoms with van der Waals surface area (Å²) < 4.78 is 5.30. The second-order valence-corrected chi connectivity index (χ2v) is 4.31. The lowest BCUT2D eigenvalue weighted by Crippen LogP contribution is -2.33. The second kappa shape index (κ2) is 6.49. The third-order valence-electron chi connectivity index (χ3n) is 2.38. The molecule has 0 saturated heterocycles. The molecule has 15 heavy (non-hydrogen) atoms. The van der Waals surface area contributed by atoms with Crippen LogP contribution in [0, 0.1) is 0 Å². The van der Waals surface area contributed by atoms with Gasteiger partial charge in [0, 0.05) is 6.04 Å². The summed E-state index contributed by atoms with van der Waals surface area (Å²) in [4.78, 5) is 11.4. The highest BCUT2D eigenvalue weighted by Crippen LogP contribution is 2.14. The lowest BCUT2D eigenvalue weighted by atomic mass is 10.0. The van der Waals surface area contributed by atoms with Gasteiger partial charge in [0.05, 0.1) is 0 Å². The van der Waals surface area contributed by atoms with Crippen LogP contribution < -0.4 is 5.32 Å². The van der Waals surface area contributed by atoms with E-state index in [9.17, 15) is 4.79 Å². The highest BCUT2D eigenvalue weighted by atomic mass is 16.6. The number of hydrogen-bond acceptors (Lipinski definition) is 2. The Morgan fingerprint density at radius 3 is 2.93 bits per heavy atom. The quantitative estimate of drug-likeness (QED) is 0.713. The van der Waals surface area contributed by atoms with Gasteiger partial charge in [-0.05, 0) is 45.6 Å².